The van der Waals surface area contributed by atoms with Crippen molar-refractivity contribution in [2.24, 2.45) is 7.05 Å². The Morgan fingerprint density at radius 1 is 1.06 bits per heavy atom. The monoisotopic (exact) mass is 449 g/mol. The van der Waals surface area contributed by atoms with Crippen molar-refractivity contribution in [3.8, 4) is 10.6 Å². The number of sulfonamides is 1. The van der Waals surface area contributed by atoms with E-state index in [2.05, 4.69) is 14.7 Å². The van der Waals surface area contributed by atoms with Gasteiger partial charge >= 0.3 is 0 Å². The fraction of sp³-hybridized carbons (Fsp3) is 0.136. The highest BCUT2D eigenvalue weighted by Gasteiger charge is 2.19. The number of benzene rings is 2. The van der Waals surface area contributed by atoms with Gasteiger partial charge in [-0.05, 0) is 30.7 Å². The second-order valence-corrected chi connectivity index (χ2v) is 9.99. The molecular weight excluding hydrogens is 430 g/mol. The number of nitrogens with zero attached hydrogens (tertiary/aromatic N) is 4. The molecule has 0 fully saturated rings. The van der Waals surface area contributed by atoms with Crippen molar-refractivity contribution >= 4 is 42.7 Å². The number of nitrogens with one attached hydrogen (secondary N) is 1. The zero-order chi connectivity index (χ0) is 21.6. The molecule has 0 amide bonds. The molecule has 5 rings (SSSR count). The Labute approximate surface area is 183 Å². The van der Waals surface area contributed by atoms with Crippen LogP contribution in [0.4, 0.5) is 0 Å². The van der Waals surface area contributed by atoms with Crippen molar-refractivity contribution in [3.63, 3.8) is 0 Å². The van der Waals surface area contributed by atoms with Gasteiger partial charge in [-0.2, -0.15) is 0 Å². The summed E-state index contributed by atoms with van der Waals surface area (Å²) < 4.78 is 30.1. The number of thiazole rings is 1. The predicted molar refractivity (Wildman–Crippen MR) is 122 cm³/mol. The van der Waals surface area contributed by atoms with Crippen LogP contribution in [0.25, 0.3) is 32.0 Å². The number of aromatic nitrogens is 4. The van der Waals surface area contributed by atoms with Crippen molar-refractivity contribution in [3.05, 3.63) is 72.7 Å². The lowest BCUT2D eigenvalue weighted by Gasteiger charge is -2.15. The van der Waals surface area contributed by atoms with Gasteiger partial charge < -0.3 is 4.57 Å². The molecule has 7 nitrogen and oxygen atoms in total. The highest BCUT2D eigenvalue weighted by molar-refractivity contribution is 7.89. The predicted octanol–water partition coefficient (Wildman–Crippen LogP) is 4.28. The molecule has 9 heteroatoms. The Bertz CT molecular complexity index is 1510. The van der Waals surface area contributed by atoms with Crippen molar-refractivity contribution in [2.45, 2.75) is 17.9 Å². The summed E-state index contributed by atoms with van der Waals surface area (Å²) in [4.78, 5) is 14.8. The Morgan fingerprint density at radius 3 is 2.68 bits per heavy atom. The number of hydrogen-bond donors (Lipinski definition) is 1. The molecule has 31 heavy (non-hydrogen) atoms. The second-order valence-electron chi connectivity index (χ2n) is 7.30. The number of aryl methyl sites for hydroxylation is 1. The van der Waals surface area contributed by atoms with Gasteiger partial charge in [0.2, 0.25) is 10.0 Å². The zero-order valence-electron chi connectivity index (χ0n) is 16.9. The summed E-state index contributed by atoms with van der Waals surface area (Å²) >= 11 is 1.51. The minimum absolute atomic E-state index is 0.246. The normalized spacial score (nSPS) is 13.1. The van der Waals surface area contributed by atoms with E-state index in [1.54, 1.807) is 42.9 Å². The SMILES string of the molecule is C[C@H](NS(=O)(=O)c1ccccc1)c1cccc(-c2nc3c(ncc4ncn(C)c43)s2)c1. The first-order valence-electron chi connectivity index (χ1n) is 9.67. The van der Waals surface area contributed by atoms with Crippen molar-refractivity contribution < 1.29 is 8.42 Å². The molecule has 0 saturated carbocycles. The summed E-state index contributed by atoms with van der Waals surface area (Å²) in [5.41, 5.74) is 4.36. The first kappa shape index (κ1) is 19.8. The summed E-state index contributed by atoms with van der Waals surface area (Å²) in [7, 11) is -1.67. The van der Waals surface area contributed by atoms with Gasteiger partial charge in [0.25, 0.3) is 0 Å². The molecule has 0 spiro atoms. The molecule has 5 aromatic rings. The Morgan fingerprint density at radius 2 is 1.87 bits per heavy atom. The molecule has 0 bridgehead atoms. The van der Waals surface area contributed by atoms with Crippen LogP contribution in [0, 0.1) is 0 Å². The third-order valence-corrected chi connectivity index (χ3v) is 7.69. The third-order valence-electron chi connectivity index (χ3n) is 5.12. The van der Waals surface area contributed by atoms with Gasteiger partial charge in [-0.1, -0.05) is 47.7 Å². The highest BCUT2D eigenvalue weighted by atomic mass is 32.2. The first-order valence-corrected chi connectivity index (χ1v) is 12.0. The van der Waals surface area contributed by atoms with Gasteiger partial charge in [0.1, 0.15) is 20.9 Å². The Balaban J connectivity index is 1.49. The number of imidazole rings is 1. The second kappa shape index (κ2) is 7.52. The average Bonchev–Trinajstić information content (AvgIpc) is 3.37. The van der Waals surface area contributed by atoms with Gasteiger partial charge in [-0.25, -0.2) is 28.1 Å². The van der Waals surface area contributed by atoms with Crippen LogP contribution in [-0.2, 0) is 17.1 Å². The van der Waals surface area contributed by atoms with E-state index in [0.29, 0.717) is 0 Å². The molecule has 0 aliphatic rings. The van der Waals surface area contributed by atoms with Gasteiger partial charge in [-0.3, -0.25) is 0 Å². The van der Waals surface area contributed by atoms with Crippen LogP contribution in [0.3, 0.4) is 0 Å². The lowest BCUT2D eigenvalue weighted by molar-refractivity contribution is 0.567. The number of pyridine rings is 1. The Hall–Kier alpha value is -3.14. The van der Waals surface area contributed by atoms with E-state index in [9.17, 15) is 8.42 Å². The third kappa shape index (κ3) is 3.60. The standard InChI is InChI=1S/C22H19N5O2S2/c1-14(26-31(28,29)17-9-4-3-5-10-17)15-7-6-8-16(11-15)21-25-19-20-18(24-13-27(20)2)12-23-22(19)30-21/h3-14,26H,1-2H3/t14-/m0/s1. The van der Waals surface area contributed by atoms with Crippen LogP contribution in [0.5, 0.6) is 0 Å². The minimum atomic E-state index is -3.61. The van der Waals surface area contributed by atoms with Crippen LogP contribution in [0.1, 0.15) is 18.5 Å². The van der Waals surface area contributed by atoms with E-state index in [4.69, 9.17) is 4.98 Å². The van der Waals surface area contributed by atoms with Crippen LogP contribution < -0.4 is 4.72 Å². The maximum atomic E-state index is 12.7. The fourth-order valence-corrected chi connectivity index (χ4v) is 5.70. The molecule has 0 saturated heterocycles. The van der Waals surface area contributed by atoms with Crippen LogP contribution >= 0.6 is 11.3 Å². The molecule has 1 atom stereocenters. The molecule has 3 heterocycles. The van der Waals surface area contributed by atoms with Crippen molar-refractivity contribution in [1.82, 2.24) is 24.2 Å². The van der Waals surface area contributed by atoms with E-state index in [1.807, 2.05) is 42.8 Å². The molecule has 0 aliphatic carbocycles. The van der Waals surface area contributed by atoms with Crippen LogP contribution in [-0.4, -0.2) is 27.9 Å². The summed E-state index contributed by atoms with van der Waals surface area (Å²) in [6, 6.07) is 15.7. The maximum Gasteiger partial charge on any atom is 0.241 e. The van der Waals surface area contributed by atoms with Crippen molar-refractivity contribution in [2.75, 3.05) is 0 Å². The molecule has 0 unspecified atom stereocenters. The van der Waals surface area contributed by atoms with Crippen molar-refractivity contribution in [1.29, 1.82) is 0 Å². The average molecular weight is 450 g/mol. The zero-order valence-corrected chi connectivity index (χ0v) is 18.5. The van der Waals surface area contributed by atoms with E-state index in [1.165, 1.54) is 11.3 Å². The lowest BCUT2D eigenvalue weighted by Crippen LogP contribution is -2.26. The quantitative estimate of drug-likeness (QED) is 0.432. The number of fused-ring (bicyclic) bond motifs is 3. The lowest BCUT2D eigenvalue weighted by atomic mass is 10.1. The molecule has 1 N–H and O–H groups in total. The van der Waals surface area contributed by atoms with Gasteiger partial charge in [0.15, 0.2) is 0 Å². The summed E-state index contributed by atoms with van der Waals surface area (Å²) in [6.45, 7) is 1.83. The molecule has 0 aliphatic heterocycles. The van der Waals surface area contributed by atoms with E-state index >= 15 is 0 Å². The summed E-state index contributed by atoms with van der Waals surface area (Å²) in [5.74, 6) is 0. The topological polar surface area (TPSA) is 89.8 Å². The summed E-state index contributed by atoms with van der Waals surface area (Å²) in [5, 5.41) is 0.830. The number of rotatable bonds is 5. The smallest absolute Gasteiger partial charge is 0.241 e. The summed E-state index contributed by atoms with van der Waals surface area (Å²) in [6.07, 6.45) is 3.52. The molecular formula is C22H19N5O2S2. The molecule has 3 aromatic heterocycles. The van der Waals surface area contributed by atoms with Gasteiger partial charge in [0, 0.05) is 18.7 Å². The van der Waals surface area contributed by atoms with Gasteiger partial charge in [0.05, 0.1) is 22.9 Å². The molecule has 2 aromatic carbocycles. The largest absolute Gasteiger partial charge is 0.332 e. The fourth-order valence-electron chi connectivity index (χ4n) is 3.54. The first-order chi connectivity index (χ1) is 14.9. The van der Waals surface area contributed by atoms with E-state index in [0.717, 1.165) is 37.5 Å². The minimum Gasteiger partial charge on any atom is -0.332 e. The molecule has 156 valence electrons. The van der Waals surface area contributed by atoms with E-state index < -0.39 is 16.1 Å². The number of hydrogen-bond acceptors (Lipinski definition) is 6. The maximum absolute atomic E-state index is 12.7. The highest BCUT2D eigenvalue weighted by Crippen LogP contribution is 2.33. The van der Waals surface area contributed by atoms with Crippen LogP contribution in [0.15, 0.2) is 72.0 Å². The van der Waals surface area contributed by atoms with E-state index in [-0.39, 0.29) is 4.90 Å². The molecule has 0 radical (unpaired) electrons. The van der Waals surface area contributed by atoms with Gasteiger partial charge in [-0.15, -0.1) is 0 Å². The Kier molecular flexibility index (Phi) is 4.81. The van der Waals surface area contributed by atoms with Crippen LogP contribution in [0.2, 0.25) is 0 Å².